The van der Waals surface area contributed by atoms with Gasteiger partial charge in [-0.1, -0.05) is 36.4 Å². The molecule has 130 valence electrons. The molecule has 2 aromatic rings. The van der Waals surface area contributed by atoms with Crippen molar-refractivity contribution in [3.8, 4) is 11.5 Å². The van der Waals surface area contributed by atoms with Gasteiger partial charge in [0.2, 0.25) is 5.91 Å². The fraction of sp³-hybridized carbons (Fsp3) is 0.350. The van der Waals surface area contributed by atoms with E-state index in [-0.39, 0.29) is 11.9 Å². The summed E-state index contributed by atoms with van der Waals surface area (Å²) in [4.78, 5) is 14.4. The van der Waals surface area contributed by atoms with E-state index in [1.54, 1.807) is 0 Å². The van der Waals surface area contributed by atoms with E-state index in [1.807, 2.05) is 24.3 Å². The Hall–Kier alpha value is -2.53. The first kappa shape index (κ1) is 16.0. The first-order valence-corrected chi connectivity index (χ1v) is 8.74. The van der Waals surface area contributed by atoms with Crippen LogP contribution in [-0.2, 0) is 11.3 Å². The first-order chi connectivity index (χ1) is 12.3. The number of carbonyl (C=O) groups is 1. The average Bonchev–Trinajstić information content (AvgIpc) is 2.84. The highest BCUT2D eigenvalue weighted by atomic mass is 16.6. The molecule has 0 aromatic heterocycles. The summed E-state index contributed by atoms with van der Waals surface area (Å²) in [5.41, 5.74) is 2.34. The van der Waals surface area contributed by atoms with Crippen molar-refractivity contribution in [2.45, 2.75) is 19.0 Å². The summed E-state index contributed by atoms with van der Waals surface area (Å²) in [7, 11) is 0. The van der Waals surface area contributed by atoms with Crippen LogP contribution in [0, 0.1) is 0 Å². The second-order valence-corrected chi connectivity index (χ2v) is 6.43. The molecule has 0 radical (unpaired) electrons. The number of fused-ring (bicyclic) bond motifs is 1. The minimum absolute atomic E-state index is 0.0805. The van der Waals surface area contributed by atoms with Gasteiger partial charge >= 0.3 is 0 Å². The molecule has 1 N–H and O–H groups in total. The van der Waals surface area contributed by atoms with E-state index >= 15 is 0 Å². The molecule has 0 aliphatic carbocycles. The molecule has 5 nitrogen and oxygen atoms in total. The van der Waals surface area contributed by atoms with Crippen molar-refractivity contribution in [3.05, 3.63) is 59.7 Å². The maximum atomic E-state index is 12.1. The van der Waals surface area contributed by atoms with Crippen molar-refractivity contribution in [3.63, 3.8) is 0 Å². The van der Waals surface area contributed by atoms with Gasteiger partial charge in [-0.2, -0.15) is 0 Å². The fourth-order valence-corrected chi connectivity index (χ4v) is 3.49. The van der Waals surface area contributed by atoms with Gasteiger partial charge in [-0.3, -0.25) is 9.69 Å². The number of rotatable bonds is 3. The molecular weight excluding hydrogens is 316 g/mol. The number of nitrogens with zero attached hydrogens (tertiary/aromatic N) is 1. The summed E-state index contributed by atoms with van der Waals surface area (Å²) in [6.45, 7) is 3.45. The van der Waals surface area contributed by atoms with Gasteiger partial charge in [-0.05, 0) is 23.3 Å². The summed E-state index contributed by atoms with van der Waals surface area (Å²) < 4.78 is 11.3. The smallest absolute Gasteiger partial charge is 0.221 e. The van der Waals surface area contributed by atoms with E-state index < -0.39 is 0 Å². The van der Waals surface area contributed by atoms with Crippen molar-refractivity contribution in [1.82, 2.24) is 10.2 Å². The van der Waals surface area contributed by atoms with Crippen LogP contribution in [0.3, 0.4) is 0 Å². The minimum atomic E-state index is 0.0805. The molecule has 0 spiro atoms. The van der Waals surface area contributed by atoms with Crippen LogP contribution < -0.4 is 14.8 Å². The Labute approximate surface area is 147 Å². The van der Waals surface area contributed by atoms with Crippen molar-refractivity contribution >= 4 is 5.91 Å². The molecule has 1 atom stereocenters. The van der Waals surface area contributed by atoms with Crippen LogP contribution in [0.25, 0.3) is 0 Å². The lowest BCUT2D eigenvalue weighted by Crippen LogP contribution is -2.30. The predicted octanol–water partition coefficient (Wildman–Crippen LogP) is 2.52. The molecule has 25 heavy (non-hydrogen) atoms. The van der Waals surface area contributed by atoms with Gasteiger partial charge in [0.15, 0.2) is 11.5 Å². The quantitative estimate of drug-likeness (QED) is 0.934. The van der Waals surface area contributed by atoms with Gasteiger partial charge in [0, 0.05) is 32.1 Å². The highest BCUT2D eigenvalue weighted by molar-refractivity contribution is 5.77. The van der Waals surface area contributed by atoms with Crippen molar-refractivity contribution in [1.29, 1.82) is 0 Å². The van der Waals surface area contributed by atoms with Crippen LogP contribution in [0.2, 0.25) is 0 Å². The van der Waals surface area contributed by atoms with Crippen LogP contribution in [-0.4, -0.2) is 37.1 Å². The summed E-state index contributed by atoms with van der Waals surface area (Å²) >= 11 is 0. The Morgan fingerprint density at radius 2 is 1.84 bits per heavy atom. The van der Waals surface area contributed by atoms with Gasteiger partial charge in [0.1, 0.15) is 13.2 Å². The zero-order valence-electron chi connectivity index (χ0n) is 14.1. The zero-order chi connectivity index (χ0) is 17.1. The summed E-state index contributed by atoms with van der Waals surface area (Å²) in [6.07, 6.45) is 0.481. The van der Waals surface area contributed by atoms with Crippen LogP contribution in [0.15, 0.2) is 48.5 Å². The highest BCUT2D eigenvalue weighted by Crippen LogP contribution is 2.33. The Morgan fingerprint density at radius 3 is 2.68 bits per heavy atom. The lowest BCUT2D eigenvalue weighted by molar-refractivity contribution is -0.121. The van der Waals surface area contributed by atoms with Crippen LogP contribution in [0.1, 0.15) is 23.6 Å². The van der Waals surface area contributed by atoms with E-state index in [9.17, 15) is 4.79 Å². The minimum Gasteiger partial charge on any atom is -0.486 e. The number of nitrogens with one attached hydrogen (secondary N) is 1. The van der Waals surface area contributed by atoms with Crippen LogP contribution >= 0.6 is 0 Å². The Balaban J connectivity index is 1.59. The standard InChI is InChI=1S/C20H22N2O3/c23-20-13-17(16-4-2-1-3-5-16)22(9-8-21-20)14-15-6-7-18-19(12-15)25-11-10-24-18/h1-7,12,17H,8-11,13-14H2,(H,21,23). The maximum absolute atomic E-state index is 12.1. The molecule has 1 amide bonds. The lowest BCUT2D eigenvalue weighted by Gasteiger charge is -2.30. The van der Waals surface area contributed by atoms with E-state index in [0.717, 1.165) is 24.6 Å². The molecular formula is C20H22N2O3. The summed E-state index contributed by atoms with van der Waals surface area (Å²) in [5.74, 6) is 1.73. The van der Waals surface area contributed by atoms with E-state index in [1.165, 1.54) is 11.1 Å². The third-order valence-electron chi connectivity index (χ3n) is 4.72. The topological polar surface area (TPSA) is 50.8 Å². The summed E-state index contributed by atoms with van der Waals surface area (Å²) in [5, 5.41) is 2.98. The van der Waals surface area contributed by atoms with Gasteiger partial charge < -0.3 is 14.8 Å². The maximum Gasteiger partial charge on any atom is 0.221 e. The number of amides is 1. The number of hydrogen-bond donors (Lipinski definition) is 1. The second-order valence-electron chi connectivity index (χ2n) is 6.43. The van der Waals surface area contributed by atoms with Gasteiger partial charge in [0.05, 0.1) is 0 Å². The average molecular weight is 338 g/mol. The Morgan fingerprint density at radius 1 is 1.04 bits per heavy atom. The molecule has 0 bridgehead atoms. The number of carbonyl (C=O) groups excluding carboxylic acids is 1. The zero-order valence-corrected chi connectivity index (χ0v) is 14.1. The molecule has 0 saturated carbocycles. The van der Waals surface area contributed by atoms with Gasteiger partial charge in [-0.15, -0.1) is 0 Å². The molecule has 1 saturated heterocycles. The van der Waals surface area contributed by atoms with E-state index in [0.29, 0.717) is 26.2 Å². The SMILES string of the molecule is O=C1CC(c2ccccc2)N(Cc2ccc3c(c2)OCCO3)CCN1. The molecule has 4 rings (SSSR count). The molecule has 2 aromatic carbocycles. The Kier molecular flexibility index (Phi) is 4.57. The summed E-state index contributed by atoms with van der Waals surface area (Å²) in [6, 6.07) is 16.4. The highest BCUT2D eigenvalue weighted by Gasteiger charge is 2.26. The molecule has 5 heteroatoms. The lowest BCUT2D eigenvalue weighted by atomic mass is 10.0. The van der Waals surface area contributed by atoms with Crippen LogP contribution in [0.4, 0.5) is 0 Å². The fourth-order valence-electron chi connectivity index (χ4n) is 3.49. The third-order valence-corrected chi connectivity index (χ3v) is 4.72. The number of ether oxygens (including phenoxy) is 2. The first-order valence-electron chi connectivity index (χ1n) is 8.74. The molecule has 1 unspecified atom stereocenters. The normalized spacial score (nSPS) is 20.6. The number of benzene rings is 2. The molecule has 1 fully saturated rings. The molecule has 2 heterocycles. The Bertz CT molecular complexity index is 748. The largest absolute Gasteiger partial charge is 0.486 e. The van der Waals surface area contributed by atoms with Crippen LogP contribution in [0.5, 0.6) is 11.5 Å². The monoisotopic (exact) mass is 338 g/mol. The van der Waals surface area contributed by atoms with Crippen molar-refractivity contribution < 1.29 is 14.3 Å². The molecule has 2 aliphatic rings. The van der Waals surface area contributed by atoms with E-state index in [4.69, 9.17) is 9.47 Å². The number of hydrogen-bond acceptors (Lipinski definition) is 4. The molecule has 2 aliphatic heterocycles. The third kappa shape index (κ3) is 3.61. The predicted molar refractivity (Wildman–Crippen MR) is 94.7 cm³/mol. The second kappa shape index (κ2) is 7.15. The van der Waals surface area contributed by atoms with Crippen molar-refractivity contribution in [2.24, 2.45) is 0 Å². The van der Waals surface area contributed by atoms with Gasteiger partial charge in [0.25, 0.3) is 0 Å². The van der Waals surface area contributed by atoms with Gasteiger partial charge in [-0.25, -0.2) is 0 Å². The van der Waals surface area contributed by atoms with E-state index in [2.05, 4.69) is 34.5 Å². The van der Waals surface area contributed by atoms with Crippen molar-refractivity contribution in [2.75, 3.05) is 26.3 Å².